The van der Waals surface area contributed by atoms with Crippen LogP contribution in [-0.4, -0.2) is 40.2 Å². The Morgan fingerprint density at radius 2 is 1.72 bits per heavy atom. The molecule has 2 aromatic carbocycles. The average molecular weight is 364 g/mol. The van der Waals surface area contributed by atoms with Crippen LogP contribution in [0.4, 0.5) is 0 Å². The molecule has 0 bridgehead atoms. The van der Waals surface area contributed by atoms with Gasteiger partial charge in [-0.05, 0) is 48.9 Å². The summed E-state index contributed by atoms with van der Waals surface area (Å²) >= 11 is 6.35. The van der Waals surface area contributed by atoms with E-state index in [-0.39, 0.29) is 12.3 Å². The van der Waals surface area contributed by atoms with Crippen molar-refractivity contribution in [3.8, 4) is 17.2 Å². The molecule has 0 atom stereocenters. The number of ketones is 1. The number of hydrogen-bond donors (Lipinski definition) is 1. The minimum absolute atomic E-state index is 0.0288. The van der Waals surface area contributed by atoms with Gasteiger partial charge in [-0.25, -0.2) is 0 Å². The zero-order chi connectivity index (χ0) is 18.2. The molecular weight excluding hydrogens is 342 g/mol. The van der Waals surface area contributed by atoms with Gasteiger partial charge in [0.25, 0.3) is 0 Å². The lowest BCUT2D eigenvalue weighted by atomic mass is 10.1. The number of nitrogens with one attached hydrogen (secondary N) is 1. The Morgan fingerprint density at radius 1 is 1.00 bits per heavy atom. The molecular formula is C19H22ClNO4. The van der Waals surface area contributed by atoms with Crippen molar-refractivity contribution in [2.24, 2.45) is 0 Å². The SMILES string of the molecule is COc1ccc(C(=O)CNCCc2ccc(OC)c(OC)c2Cl)cc1. The number of hydrogen-bond acceptors (Lipinski definition) is 5. The van der Waals surface area contributed by atoms with Crippen LogP contribution in [0.15, 0.2) is 36.4 Å². The third kappa shape index (κ3) is 4.87. The van der Waals surface area contributed by atoms with Crippen LogP contribution in [0, 0.1) is 0 Å². The summed E-state index contributed by atoms with van der Waals surface area (Å²) in [4.78, 5) is 12.1. The van der Waals surface area contributed by atoms with Gasteiger partial charge in [-0.1, -0.05) is 17.7 Å². The first-order chi connectivity index (χ1) is 12.1. The van der Waals surface area contributed by atoms with Crippen molar-refractivity contribution in [2.75, 3.05) is 34.4 Å². The van der Waals surface area contributed by atoms with Gasteiger partial charge >= 0.3 is 0 Å². The van der Waals surface area contributed by atoms with Gasteiger partial charge in [0.2, 0.25) is 0 Å². The molecule has 5 nitrogen and oxygen atoms in total. The van der Waals surface area contributed by atoms with Crippen LogP contribution in [0.1, 0.15) is 15.9 Å². The summed E-state index contributed by atoms with van der Waals surface area (Å²) in [6, 6.07) is 10.8. The molecule has 0 saturated heterocycles. The molecule has 0 saturated carbocycles. The van der Waals surface area contributed by atoms with Crippen LogP contribution in [0.3, 0.4) is 0 Å². The Morgan fingerprint density at radius 3 is 2.32 bits per heavy atom. The Bertz CT molecular complexity index is 716. The van der Waals surface area contributed by atoms with Gasteiger partial charge in [-0.15, -0.1) is 0 Å². The Hall–Kier alpha value is -2.24. The van der Waals surface area contributed by atoms with Crippen molar-refractivity contribution in [3.05, 3.63) is 52.5 Å². The van der Waals surface area contributed by atoms with E-state index in [1.165, 1.54) is 0 Å². The van der Waals surface area contributed by atoms with Gasteiger partial charge in [-0.2, -0.15) is 0 Å². The first-order valence-corrected chi connectivity index (χ1v) is 8.25. The summed E-state index contributed by atoms with van der Waals surface area (Å²) < 4.78 is 15.6. The molecule has 25 heavy (non-hydrogen) atoms. The van der Waals surface area contributed by atoms with E-state index in [0.29, 0.717) is 35.1 Å². The smallest absolute Gasteiger partial charge is 0.179 e. The standard InChI is InChI=1S/C19H22ClNO4/c1-23-15-7-4-13(5-8-15)16(22)12-21-11-10-14-6-9-17(24-2)19(25-3)18(14)20/h4-9,21H,10-12H2,1-3H3. The molecule has 6 heteroatoms. The van der Waals surface area contributed by atoms with Crippen molar-refractivity contribution in [1.82, 2.24) is 5.32 Å². The Balaban J connectivity index is 1.87. The van der Waals surface area contributed by atoms with E-state index in [0.717, 1.165) is 11.3 Å². The molecule has 0 radical (unpaired) electrons. The quantitative estimate of drug-likeness (QED) is 0.546. The number of ether oxygens (including phenoxy) is 3. The summed E-state index contributed by atoms with van der Waals surface area (Å²) in [5.41, 5.74) is 1.58. The van der Waals surface area contributed by atoms with Crippen LogP contribution in [0.5, 0.6) is 17.2 Å². The van der Waals surface area contributed by atoms with Crippen molar-refractivity contribution in [3.63, 3.8) is 0 Å². The third-order valence-corrected chi connectivity index (χ3v) is 4.25. The van der Waals surface area contributed by atoms with Crippen LogP contribution in [-0.2, 0) is 6.42 Å². The molecule has 0 aliphatic carbocycles. The zero-order valence-electron chi connectivity index (χ0n) is 14.6. The highest BCUT2D eigenvalue weighted by atomic mass is 35.5. The normalized spacial score (nSPS) is 10.4. The number of rotatable bonds is 9. The summed E-state index contributed by atoms with van der Waals surface area (Å²) in [6.45, 7) is 0.883. The molecule has 0 aliphatic heterocycles. The van der Waals surface area contributed by atoms with Gasteiger partial charge in [0, 0.05) is 5.56 Å². The van der Waals surface area contributed by atoms with Crippen molar-refractivity contribution in [1.29, 1.82) is 0 Å². The molecule has 0 spiro atoms. The number of benzene rings is 2. The van der Waals surface area contributed by atoms with E-state index >= 15 is 0 Å². The molecule has 2 rings (SSSR count). The molecule has 2 aromatic rings. The van der Waals surface area contributed by atoms with E-state index in [1.807, 2.05) is 12.1 Å². The number of methoxy groups -OCH3 is 3. The fourth-order valence-corrected chi connectivity index (χ4v) is 2.75. The first kappa shape index (κ1) is 19.1. The molecule has 0 unspecified atom stereocenters. The third-order valence-electron chi connectivity index (χ3n) is 3.83. The second-order valence-electron chi connectivity index (χ2n) is 5.35. The monoisotopic (exact) mass is 363 g/mol. The predicted octanol–water partition coefficient (Wildman–Crippen LogP) is 3.38. The van der Waals surface area contributed by atoms with E-state index < -0.39 is 0 Å². The molecule has 0 fully saturated rings. The van der Waals surface area contributed by atoms with Gasteiger partial charge in [0.05, 0.1) is 32.9 Å². The maximum absolute atomic E-state index is 12.1. The number of Topliss-reactive ketones (excluding diaryl/α,β-unsaturated/α-hetero) is 1. The van der Waals surface area contributed by atoms with Crippen LogP contribution < -0.4 is 19.5 Å². The van der Waals surface area contributed by atoms with E-state index in [4.69, 9.17) is 25.8 Å². The molecule has 0 amide bonds. The van der Waals surface area contributed by atoms with Gasteiger partial charge in [0.1, 0.15) is 5.75 Å². The van der Waals surface area contributed by atoms with Crippen LogP contribution in [0.2, 0.25) is 5.02 Å². The van der Waals surface area contributed by atoms with Gasteiger partial charge in [0.15, 0.2) is 17.3 Å². The molecule has 134 valence electrons. The predicted molar refractivity (Wildman–Crippen MR) is 98.5 cm³/mol. The second kappa shape index (κ2) is 9.30. The van der Waals surface area contributed by atoms with E-state index in [2.05, 4.69) is 5.32 Å². The minimum atomic E-state index is 0.0288. The van der Waals surface area contributed by atoms with Crippen molar-refractivity contribution in [2.45, 2.75) is 6.42 Å². The minimum Gasteiger partial charge on any atom is -0.497 e. The van der Waals surface area contributed by atoms with Crippen molar-refractivity contribution < 1.29 is 19.0 Å². The highest BCUT2D eigenvalue weighted by molar-refractivity contribution is 6.33. The second-order valence-corrected chi connectivity index (χ2v) is 5.73. The first-order valence-electron chi connectivity index (χ1n) is 7.88. The van der Waals surface area contributed by atoms with Crippen LogP contribution >= 0.6 is 11.6 Å². The number of carbonyl (C=O) groups excluding carboxylic acids is 1. The molecule has 0 heterocycles. The van der Waals surface area contributed by atoms with E-state index in [9.17, 15) is 4.79 Å². The fourth-order valence-electron chi connectivity index (χ4n) is 2.43. The van der Waals surface area contributed by atoms with Crippen LogP contribution in [0.25, 0.3) is 0 Å². The highest BCUT2D eigenvalue weighted by Crippen LogP contribution is 2.37. The summed E-state index contributed by atoms with van der Waals surface area (Å²) in [5.74, 6) is 1.88. The summed E-state index contributed by atoms with van der Waals surface area (Å²) in [5, 5.41) is 3.68. The largest absolute Gasteiger partial charge is 0.497 e. The maximum Gasteiger partial charge on any atom is 0.179 e. The lowest BCUT2D eigenvalue weighted by Crippen LogP contribution is -2.25. The molecule has 0 aliphatic rings. The highest BCUT2D eigenvalue weighted by Gasteiger charge is 2.13. The summed E-state index contributed by atoms with van der Waals surface area (Å²) in [6.07, 6.45) is 0.676. The molecule has 1 N–H and O–H groups in total. The lowest BCUT2D eigenvalue weighted by Gasteiger charge is -2.13. The Kier molecular flexibility index (Phi) is 7.10. The molecule has 0 aromatic heterocycles. The maximum atomic E-state index is 12.1. The fraction of sp³-hybridized carbons (Fsp3) is 0.316. The topological polar surface area (TPSA) is 56.8 Å². The Labute approximate surface area is 152 Å². The average Bonchev–Trinajstić information content (AvgIpc) is 2.65. The lowest BCUT2D eigenvalue weighted by molar-refractivity contribution is 0.0991. The number of halogens is 1. The summed E-state index contributed by atoms with van der Waals surface area (Å²) in [7, 11) is 4.72. The van der Waals surface area contributed by atoms with Gasteiger partial charge < -0.3 is 19.5 Å². The zero-order valence-corrected chi connectivity index (χ0v) is 15.4. The number of carbonyl (C=O) groups is 1. The van der Waals surface area contributed by atoms with Gasteiger partial charge in [-0.3, -0.25) is 4.79 Å². The van der Waals surface area contributed by atoms with E-state index in [1.54, 1.807) is 45.6 Å². The van der Waals surface area contributed by atoms with Crippen molar-refractivity contribution >= 4 is 17.4 Å².